The van der Waals surface area contributed by atoms with Crippen molar-refractivity contribution < 1.29 is 13.2 Å². The number of nitrogens with two attached hydrogens (primary N) is 1. The number of alkyl halides is 3. The number of anilines is 2. The molecule has 200 valence electrons. The Morgan fingerprint density at radius 1 is 0.946 bits per heavy atom. The third kappa shape index (κ3) is 7.34. The number of hydrogen-bond donors (Lipinski definition) is 2. The molecule has 37 heavy (non-hydrogen) atoms. The van der Waals surface area contributed by atoms with Gasteiger partial charge < -0.3 is 16.0 Å². The van der Waals surface area contributed by atoms with Crippen LogP contribution in [0, 0.1) is 6.92 Å². The van der Waals surface area contributed by atoms with Crippen LogP contribution in [-0.4, -0.2) is 34.5 Å². The number of unbranched alkanes of at least 4 members (excludes halogenated alkanes) is 2. The van der Waals surface area contributed by atoms with Crippen LogP contribution in [0.25, 0.3) is 10.9 Å². The topological polar surface area (TPSA) is 67.1 Å². The summed E-state index contributed by atoms with van der Waals surface area (Å²) >= 11 is 0. The van der Waals surface area contributed by atoms with Gasteiger partial charge >= 0.3 is 6.18 Å². The predicted octanol–water partition coefficient (Wildman–Crippen LogP) is 6.91. The van der Waals surface area contributed by atoms with Crippen molar-refractivity contribution in [3.05, 3.63) is 58.4 Å². The summed E-state index contributed by atoms with van der Waals surface area (Å²) in [6, 6.07) is 8.05. The lowest BCUT2D eigenvalue weighted by molar-refractivity contribution is -0.137. The third-order valence-corrected chi connectivity index (χ3v) is 7.13. The average molecular weight is 514 g/mol. The van der Waals surface area contributed by atoms with Gasteiger partial charge in [-0.25, -0.2) is 9.97 Å². The molecular weight excluding hydrogens is 475 g/mol. The van der Waals surface area contributed by atoms with E-state index in [1.807, 2.05) is 6.92 Å². The first kappa shape index (κ1) is 27.2. The molecule has 0 atom stereocenters. The van der Waals surface area contributed by atoms with Crippen LogP contribution >= 0.6 is 0 Å². The van der Waals surface area contributed by atoms with Gasteiger partial charge in [0.25, 0.3) is 0 Å². The number of hydrogen-bond acceptors (Lipinski definition) is 5. The molecule has 0 unspecified atom stereocenters. The molecule has 0 saturated carbocycles. The first-order chi connectivity index (χ1) is 17.7. The van der Waals surface area contributed by atoms with Gasteiger partial charge in [-0.3, -0.25) is 0 Å². The number of piperidine rings is 1. The van der Waals surface area contributed by atoms with E-state index in [4.69, 9.17) is 10.7 Å². The molecule has 1 fully saturated rings. The van der Waals surface area contributed by atoms with Crippen molar-refractivity contribution in [2.45, 2.75) is 77.9 Å². The van der Waals surface area contributed by atoms with Crippen LogP contribution in [-0.2, 0) is 25.6 Å². The van der Waals surface area contributed by atoms with Gasteiger partial charge in [0.15, 0.2) is 0 Å². The number of nitrogens with zero attached hydrogens (tertiary/aromatic N) is 3. The van der Waals surface area contributed by atoms with Crippen molar-refractivity contribution >= 4 is 22.4 Å². The predicted molar refractivity (Wildman–Crippen MR) is 145 cm³/mol. The Labute approximate surface area is 217 Å². The molecule has 3 N–H and O–H groups in total. The highest BCUT2D eigenvalue weighted by atomic mass is 19.4. The fourth-order valence-electron chi connectivity index (χ4n) is 5.18. The zero-order chi connectivity index (χ0) is 26.4. The molecule has 2 heterocycles. The summed E-state index contributed by atoms with van der Waals surface area (Å²) in [4.78, 5) is 11.9. The van der Waals surface area contributed by atoms with Crippen molar-refractivity contribution in [1.29, 1.82) is 0 Å². The summed E-state index contributed by atoms with van der Waals surface area (Å²) in [7, 11) is 0. The molecule has 0 aliphatic carbocycles. The lowest BCUT2D eigenvalue weighted by atomic mass is 9.96. The molecule has 5 nitrogen and oxygen atoms in total. The van der Waals surface area contributed by atoms with E-state index in [9.17, 15) is 13.2 Å². The number of aromatic nitrogens is 2. The number of aryl methyl sites for hydroxylation is 2. The maximum atomic E-state index is 13.3. The van der Waals surface area contributed by atoms with E-state index in [1.165, 1.54) is 49.9 Å². The Hall–Kier alpha value is -2.87. The fraction of sp³-hybridized carbons (Fsp3) is 0.517. The van der Waals surface area contributed by atoms with Crippen molar-refractivity contribution in [2.75, 3.05) is 30.7 Å². The summed E-state index contributed by atoms with van der Waals surface area (Å²) in [6.45, 7) is 7.63. The molecule has 1 saturated heterocycles. The number of fused-ring (bicyclic) bond motifs is 1. The molecule has 3 aromatic rings. The van der Waals surface area contributed by atoms with Crippen LogP contribution in [0.1, 0.15) is 73.5 Å². The third-order valence-electron chi connectivity index (χ3n) is 7.13. The average Bonchev–Trinajstić information content (AvgIpc) is 2.86. The molecule has 1 aliphatic rings. The second-order valence-electron chi connectivity index (χ2n) is 10.2. The molecule has 1 aromatic heterocycles. The number of benzene rings is 2. The van der Waals surface area contributed by atoms with Gasteiger partial charge in [0.05, 0.1) is 11.1 Å². The van der Waals surface area contributed by atoms with Crippen molar-refractivity contribution in [3.8, 4) is 0 Å². The smallest absolute Gasteiger partial charge is 0.399 e. The monoisotopic (exact) mass is 513 g/mol. The number of nitrogen functional groups attached to an aromatic ring is 1. The molecule has 2 aromatic carbocycles. The minimum absolute atomic E-state index is 0.0897. The zero-order valence-electron chi connectivity index (χ0n) is 21.9. The number of nitrogens with one attached hydrogen (secondary N) is 1. The molecule has 8 heteroatoms. The summed E-state index contributed by atoms with van der Waals surface area (Å²) < 4.78 is 39.8. The van der Waals surface area contributed by atoms with E-state index in [-0.39, 0.29) is 12.2 Å². The summed E-state index contributed by atoms with van der Waals surface area (Å²) in [5.74, 6) is 1.26. The van der Waals surface area contributed by atoms with Gasteiger partial charge in [-0.2, -0.15) is 13.2 Å². The molecule has 1 aliphatic heterocycles. The largest absolute Gasteiger partial charge is 0.416 e. The molecule has 0 radical (unpaired) electrons. The fourth-order valence-corrected chi connectivity index (χ4v) is 5.18. The first-order valence-electron chi connectivity index (χ1n) is 13.5. The Bertz CT molecular complexity index is 1200. The normalized spacial score (nSPS) is 14.8. The van der Waals surface area contributed by atoms with E-state index in [0.717, 1.165) is 55.3 Å². The van der Waals surface area contributed by atoms with Crippen LogP contribution in [0.15, 0.2) is 30.3 Å². The van der Waals surface area contributed by atoms with Crippen LogP contribution < -0.4 is 11.1 Å². The summed E-state index contributed by atoms with van der Waals surface area (Å²) in [5.41, 5.74) is 9.08. The Morgan fingerprint density at radius 2 is 1.70 bits per heavy atom. The highest BCUT2D eigenvalue weighted by Crippen LogP contribution is 2.32. The van der Waals surface area contributed by atoms with Gasteiger partial charge in [0, 0.05) is 24.2 Å². The van der Waals surface area contributed by atoms with Crippen LogP contribution in [0.5, 0.6) is 0 Å². The molecule has 4 rings (SSSR count). The molecular formula is C29H38F3N5. The van der Waals surface area contributed by atoms with Crippen LogP contribution in [0.2, 0.25) is 0 Å². The van der Waals surface area contributed by atoms with Gasteiger partial charge in [0.2, 0.25) is 0 Å². The maximum Gasteiger partial charge on any atom is 0.416 e. The number of likely N-dealkylation sites (tertiary alicyclic amines) is 1. The van der Waals surface area contributed by atoms with Gasteiger partial charge in [-0.05, 0) is 99.1 Å². The highest BCUT2D eigenvalue weighted by Gasteiger charge is 2.31. The van der Waals surface area contributed by atoms with E-state index in [1.54, 1.807) is 6.07 Å². The molecule has 0 bridgehead atoms. The minimum atomic E-state index is -4.44. The maximum absolute atomic E-state index is 13.3. The lowest BCUT2D eigenvalue weighted by Crippen LogP contribution is -2.31. The molecule has 0 amide bonds. The van der Waals surface area contributed by atoms with E-state index in [2.05, 4.69) is 34.3 Å². The van der Waals surface area contributed by atoms with Crippen molar-refractivity contribution in [2.24, 2.45) is 0 Å². The van der Waals surface area contributed by atoms with Gasteiger partial charge in [0.1, 0.15) is 11.6 Å². The van der Waals surface area contributed by atoms with E-state index in [0.29, 0.717) is 17.2 Å². The Kier molecular flexibility index (Phi) is 8.90. The first-order valence-corrected chi connectivity index (χ1v) is 13.5. The lowest BCUT2D eigenvalue weighted by Gasteiger charge is -2.26. The van der Waals surface area contributed by atoms with Crippen LogP contribution in [0.3, 0.4) is 0 Å². The van der Waals surface area contributed by atoms with Crippen LogP contribution in [0.4, 0.5) is 24.7 Å². The van der Waals surface area contributed by atoms with E-state index < -0.39 is 11.7 Å². The molecule has 0 spiro atoms. The van der Waals surface area contributed by atoms with Crippen molar-refractivity contribution in [3.63, 3.8) is 0 Å². The summed E-state index contributed by atoms with van der Waals surface area (Å²) in [6.07, 6.45) is 4.89. The minimum Gasteiger partial charge on any atom is -0.399 e. The van der Waals surface area contributed by atoms with Crippen molar-refractivity contribution in [1.82, 2.24) is 14.9 Å². The van der Waals surface area contributed by atoms with E-state index >= 15 is 0 Å². The second kappa shape index (κ2) is 12.1. The Balaban J connectivity index is 1.62. The van der Waals surface area contributed by atoms with Gasteiger partial charge in [-0.15, -0.1) is 0 Å². The second-order valence-corrected chi connectivity index (χ2v) is 10.2. The van der Waals surface area contributed by atoms with Gasteiger partial charge in [-0.1, -0.05) is 26.2 Å². The standard InChI is InChI=1S/C29H38F3N5/c1-3-4-6-9-22-16-26-27(17-23(22)10-13-37-11-7-5-8-12-37)35-20(2)36-28(26)34-19-21-14-24(29(30,31)32)18-25(33)15-21/h14-18H,3-13,19,33H2,1-2H3,(H,34,35,36). The number of halogens is 3. The Morgan fingerprint density at radius 3 is 2.43 bits per heavy atom. The number of rotatable bonds is 10. The quantitative estimate of drug-likeness (QED) is 0.228. The highest BCUT2D eigenvalue weighted by molar-refractivity contribution is 5.90. The zero-order valence-corrected chi connectivity index (χ0v) is 21.9. The SMILES string of the molecule is CCCCCc1cc2c(NCc3cc(N)cc(C(F)(F)F)c3)nc(C)nc2cc1CCN1CCCCC1. The summed E-state index contributed by atoms with van der Waals surface area (Å²) in [5, 5.41) is 4.17.